The lowest BCUT2D eigenvalue weighted by atomic mass is 10.0. The van der Waals surface area contributed by atoms with Crippen molar-refractivity contribution in [3.8, 4) is 0 Å². The van der Waals surface area contributed by atoms with Crippen LogP contribution in [0.1, 0.15) is 26.3 Å². The van der Waals surface area contributed by atoms with Gasteiger partial charge in [0, 0.05) is 16.7 Å². The van der Waals surface area contributed by atoms with Crippen LogP contribution in [0.4, 0.5) is 0 Å². The van der Waals surface area contributed by atoms with Gasteiger partial charge < -0.3 is 9.30 Å². The van der Waals surface area contributed by atoms with Crippen LogP contribution in [-0.2, 0) is 16.1 Å². The summed E-state index contributed by atoms with van der Waals surface area (Å²) in [6.45, 7) is -0.187. The molecule has 0 saturated carbocycles. The minimum atomic E-state index is -0.527. The van der Waals surface area contributed by atoms with Gasteiger partial charge in [-0.1, -0.05) is 77.0 Å². The van der Waals surface area contributed by atoms with Crippen molar-refractivity contribution in [3.63, 3.8) is 0 Å². The molecule has 0 N–H and O–H groups in total. The molecule has 33 heavy (non-hydrogen) atoms. The first-order valence-corrected chi connectivity index (χ1v) is 11.3. The third-order valence-electron chi connectivity index (χ3n) is 4.88. The molecule has 166 valence electrons. The lowest BCUT2D eigenvalue weighted by molar-refractivity contribution is -0.141. The number of ketones is 1. The molecule has 0 fully saturated rings. The number of hydrogen-bond acceptors (Lipinski definition) is 5. The molecule has 1 heterocycles. The second-order valence-electron chi connectivity index (χ2n) is 6.94. The van der Waals surface area contributed by atoms with Crippen LogP contribution in [0.3, 0.4) is 0 Å². The lowest BCUT2D eigenvalue weighted by Crippen LogP contribution is -2.22. The van der Waals surface area contributed by atoms with Gasteiger partial charge in [0.2, 0.25) is 0 Å². The zero-order valence-corrected chi connectivity index (χ0v) is 19.6. The van der Waals surface area contributed by atoms with Crippen LogP contribution in [0.25, 0.3) is 10.2 Å². The van der Waals surface area contributed by atoms with Crippen molar-refractivity contribution >= 4 is 62.4 Å². The van der Waals surface area contributed by atoms with E-state index in [4.69, 9.17) is 27.9 Å². The molecule has 0 saturated heterocycles. The number of thiazole rings is 1. The fraction of sp³-hybridized carbons (Fsp3) is 0.0833. The van der Waals surface area contributed by atoms with Crippen LogP contribution in [-0.4, -0.2) is 29.3 Å². The predicted molar refractivity (Wildman–Crippen MR) is 128 cm³/mol. The zero-order valence-electron chi connectivity index (χ0n) is 17.2. The second kappa shape index (κ2) is 9.70. The minimum Gasteiger partial charge on any atom is -0.468 e. The van der Waals surface area contributed by atoms with Crippen LogP contribution < -0.4 is 4.80 Å². The van der Waals surface area contributed by atoms with E-state index in [1.165, 1.54) is 23.0 Å². The maximum Gasteiger partial charge on any atom is 0.325 e. The van der Waals surface area contributed by atoms with Gasteiger partial charge in [-0.2, -0.15) is 4.99 Å². The summed E-state index contributed by atoms with van der Waals surface area (Å²) >= 11 is 13.7. The number of methoxy groups -OCH3 is 1. The second-order valence-corrected chi connectivity index (χ2v) is 8.74. The molecule has 9 heteroatoms. The van der Waals surface area contributed by atoms with Gasteiger partial charge in [-0.25, -0.2) is 0 Å². The standard InChI is InChI=1S/C24H16Cl2N2O4S/c1-32-19(29)13-28-21-18(12-11-17(25)20(21)26)33-24(28)27-23(31)16-9-7-15(8-10-16)22(30)14-5-3-2-4-6-14/h2-12H,13H2,1H3. The molecule has 1 amide bonds. The third-order valence-corrected chi connectivity index (χ3v) is 6.71. The van der Waals surface area contributed by atoms with E-state index in [-0.39, 0.29) is 22.2 Å². The maximum absolute atomic E-state index is 12.9. The number of halogens is 2. The molecule has 0 aliphatic rings. The molecular formula is C24H16Cl2N2O4S. The van der Waals surface area contributed by atoms with E-state index >= 15 is 0 Å². The van der Waals surface area contributed by atoms with Gasteiger partial charge in [-0.05, 0) is 24.3 Å². The first-order valence-electron chi connectivity index (χ1n) is 9.72. The topological polar surface area (TPSA) is 77.7 Å². The highest BCUT2D eigenvalue weighted by molar-refractivity contribution is 7.16. The lowest BCUT2D eigenvalue weighted by Gasteiger charge is -2.06. The van der Waals surface area contributed by atoms with Gasteiger partial charge in [-0.15, -0.1) is 0 Å². The van der Waals surface area contributed by atoms with Crippen molar-refractivity contribution in [1.29, 1.82) is 0 Å². The maximum atomic E-state index is 12.9. The minimum absolute atomic E-state index is 0.140. The molecule has 1 aromatic heterocycles. The predicted octanol–water partition coefficient (Wildman–Crippen LogP) is 5.15. The molecular weight excluding hydrogens is 483 g/mol. The molecule has 4 aromatic rings. The van der Waals surface area contributed by atoms with E-state index in [0.717, 1.165) is 0 Å². The van der Waals surface area contributed by atoms with Gasteiger partial charge in [0.25, 0.3) is 5.91 Å². The van der Waals surface area contributed by atoms with E-state index in [1.54, 1.807) is 60.7 Å². The molecule has 6 nitrogen and oxygen atoms in total. The average molecular weight is 499 g/mol. The smallest absolute Gasteiger partial charge is 0.325 e. The van der Waals surface area contributed by atoms with Crippen molar-refractivity contribution in [2.45, 2.75) is 6.54 Å². The van der Waals surface area contributed by atoms with Crippen LogP contribution in [0.15, 0.2) is 71.7 Å². The molecule has 0 spiro atoms. The summed E-state index contributed by atoms with van der Waals surface area (Å²) in [5.74, 6) is -1.19. The normalized spacial score (nSPS) is 11.5. The number of esters is 1. The molecule has 3 aromatic carbocycles. The Morgan fingerprint density at radius 3 is 2.21 bits per heavy atom. The number of fused-ring (bicyclic) bond motifs is 1. The van der Waals surface area contributed by atoms with Gasteiger partial charge >= 0.3 is 5.97 Å². The third kappa shape index (κ3) is 4.75. The fourth-order valence-corrected chi connectivity index (χ4v) is 4.71. The van der Waals surface area contributed by atoms with E-state index < -0.39 is 11.9 Å². The van der Waals surface area contributed by atoms with Crippen LogP contribution >= 0.6 is 34.5 Å². The molecule has 0 atom stereocenters. The Kier molecular flexibility index (Phi) is 6.74. The highest BCUT2D eigenvalue weighted by Gasteiger charge is 2.17. The van der Waals surface area contributed by atoms with Crippen molar-refractivity contribution in [2.75, 3.05) is 7.11 Å². The Hall–Kier alpha value is -3.26. The summed E-state index contributed by atoms with van der Waals surface area (Å²) in [6.07, 6.45) is 0. The molecule has 0 aliphatic carbocycles. The van der Waals surface area contributed by atoms with E-state index in [9.17, 15) is 14.4 Å². The Labute approximate surface area is 202 Å². The quantitative estimate of drug-likeness (QED) is 0.281. The van der Waals surface area contributed by atoms with Crippen LogP contribution in [0.5, 0.6) is 0 Å². The van der Waals surface area contributed by atoms with Gasteiger partial charge in [0.15, 0.2) is 10.6 Å². The van der Waals surface area contributed by atoms with Gasteiger partial charge in [0.05, 0.1) is 27.4 Å². The number of benzene rings is 3. The fourth-order valence-electron chi connectivity index (χ4n) is 3.20. The summed E-state index contributed by atoms with van der Waals surface area (Å²) in [7, 11) is 1.27. The van der Waals surface area contributed by atoms with E-state index in [0.29, 0.717) is 31.9 Å². The van der Waals surface area contributed by atoms with Crippen molar-refractivity contribution in [3.05, 3.63) is 98.3 Å². The summed E-state index contributed by atoms with van der Waals surface area (Å²) in [6, 6.07) is 18.5. The summed E-state index contributed by atoms with van der Waals surface area (Å²) < 4.78 is 6.99. The van der Waals surface area contributed by atoms with E-state index in [1.807, 2.05) is 6.07 Å². The Bertz CT molecular complexity index is 1440. The average Bonchev–Trinajstić information content (AvgIpc) is 3.18. The Balaban J connectivity index is 1.71. The number of aromatic nitrogens is 1. The molecule has 0 radical (unpaired) electrons. The first-order chi connectivity index (χ1) is 15.9. The highest BCUT2D eigenvalue weighted by atomic mass is 35.5. The molecule has 0 aliphatic heterocycles. The highest BCUT2D eigenvalue weighted by Crippen LogP contribution is 2.32. The molecule has 4 rings (SSSR count). The van der Waals surface area contributed by atoms with Crippen molar-refractivity contribution in [2.24, 2.45) is 4.99 Å². The van der Waals surface area contributed by atoms with Crippen LogP contribution in [0.2, 0.25) is 10.0 Å². The summed E-state index contributed by atoms with van der Waals surface area (Å²) in [4.78, 5) is 41.9. The Morgan fingerprint density at radius 1 is 0.909 bits per heavy atom. The van der Waals surface area contributed by atoms with E-state index in [2.05, 4.69) is 4.99 Å². The number of rotatable bonds is 5. The van der Waals surface area contributed by atoms with Crippen molar-refractivity contribution < 1.29 is 19.1 Å². The monoisotopic (exact) mass is 498 g/mol. The van der Waals surface area contributed by atoms with Crippen molar-refractivity contribution in [1.82, 2.24) is 4.57 Å². The number of ether oxygens (including phenoxy) is 1. The zero-order chi connectivity index (χ0) is 23.5. The first kappa shape index (κ1) is 22.9. The van der Waals surface area contributed by atoms with Gasteiger partial charge in [0.1, 0.15) is 6.54 Å². The summed E-state index contributed by atoms with van der Waals surface area (Å²) in [5, 5.41) is 0.573. The number of carbonyl (C=O) groups excluding carboxylic acids is 3. The van der Waals surface area contributed by atoms with Crippen LogP contribution in [0, 0.1) is 0 Å². The SMILES string of the molecule is COC(=O)Cn1c(=NC(=O)c2ccc(C(=O)c3ccccc3)cc2)sc2ccc(Cl)c(Cl)c21. The molecule has 0 bridgehead atoms. The number of nitrogens with zero attached hydrogens (tertiary/aromatic N) is 2. The van der Waals surface area contributed by atoms with Gasteiger partial charge in [-0.3, -0.25) is 14.4 Å². The molecule has 0 unspecified atom stereocenters. The largest absolute Gasteiger partial charge is 0.468 e. The number of amides is 1. The summed E-state index contributed by atoms with van der Waals surface area (Å²) in [5.41, 5.74) is 1.81. The number of hydrogen-bond donors (Lipinski definition) is 0. The number of carbonyl (C=O) groups is 3. The Morgan fingerprint density at radius 2 is 1.55 bits per heavy atom.